The molecule has 2 rings (SSSR count). The van der Waals surface area contributed by atoms with Crippen LogP contribution in [0.15, 0.2) is 0 Å². The van der Waals surface area contributed by atoms with E-state index in [0.717, 1.165) is 11.8 Å². The van der Waals surface area contributed by atoms with Crippen molar-refractivity contribution in [2.24, 2.45) is 17.6 Å². The second kappa shape index (κ2) is 4.42. The summed E-state index contributed by atoms with van der Waals surface area (Å²) in [6, 6.07) is 0. The van der Waals surface area contributed by atoms with E-state index in [4.69, 9.17) is 10.5 Å². The van der Waals surface area contributed by atoms with Crippen LogP contribution in [0.1, 0.15) is 52.4 Å². The lowest BCUT2D eigenvalue weighted by molar-refractivity contribution is -0.0710. The van der Waals surface area contributed by atoms with Crippen molar-refractivity contribution in [3.8, 4) is 0 Å². The Labute approximate surface area is 93.6 Å². The van der Waals surface area contributed by atoms with Crippen molar-refractivity contribution >= 4 is 0 Å². The highest BCUT2D eigenvalue weighted by molar-refractivity contribution is 4.93. The normalized spacial score (nSPS) is 41.6. The van der Waals surface area contributed by atoms with Gasteiger partial charge in [-0.3, -0.25) is 0 Å². The second-order valence-electron chi connectivity index (χ2n) is 5.78. The minimum atomic E-state index is 0.232. The molecule has 15 heavy (non-hydrogen) atoms. The van der Waals surface area contributed by atoms with Crippen LogP contribution in [0, 0.1) is 11.8 Å². The molecule has 0 aromatic rings. The molecule has 0 bridgehead atoms. The Morgan fingerprint density at radius 1 is 1.20 bits per heavy atom. The number of nitrogens with two attached hydrogens (primary N) is 1. The fraction of sp³-hybridized carbons (Fsp3) is 1.00. The van der Waals surface area contributed by atoms with Crippen molar-refractivity contribution in [2.75, 3.05) is 6.54 Å². The number of hydrogen-bond acceptors (Lipinski definition) is 2. The van der Waals surface area contributed by atoms with Crippen LogP contribution in [0.4, 0.5) is 0 Å². The lowest BCUT2D eigenvalue weighted by Crippen LogP contribution is -2.36. The van der Waals surface area contributed by atoms with Gasteiger partial charge in [0.25, 0.3) is 0 Å². The Balaban J connectivity index is 1.87. The predicted octanol–water partition coefficient (Wildman–Crippen LogP) is 2.71. The molecule has 2 fully saturated rings. The average Bonchev–Trinajstić information content (AvgIpc) is 2.62. The van der Waals surface area contributed by atoms with Crippen molar-refractivity contribution in [2.45, 2.75) is 64.1 Å². The highest BCUT2D eigenvalue weighted by atomic mass is 16.5. The molecule has 1 saturated carbocycles. The molecule has 0 amide bonds. The van der Waals surface area contributed by atoms with Gasteiger partial charge in [0.15, 0.2) is 0 Å². The molecule has 2 N–H and O–H groups in total. The third kappa shape index (κ3) is 2.36. The van der Waals surface area contributed by atoms with Crippen LogP contribution in [0.2, 0.25) is 0 Å². The van der Waals surface area contributed by atoms with E-state index in [1.54, 1.807) is 0 Å². The number of hydrogen-bond donors (Lipinski definition) is 1. The van der Waals surface area contributed by atoms with E-state index in [9.17, 15) is 0 Å². The van der Waals surface area contributed by atoms with Gasteiger partial charge in [-0.15, -0.1) is 0 Å². The number of ether oxygens (including phenoxy) is 1. The van der Waals surface area contributed by atoms with Crippen molar-refractivity contribution in [3.05, 3.63) is 0 Å². The SMILES string of the molecule is CC(C)C1CCC2(CC1)CC[C@H](CN)O2. The van der Waals surface area contributed by atoms with Crippen LogP contribution in [0.3, 0.4) is 0 Å². The van der Waals surface area contributed by atoms with Gasteiger partial charge in [0.1, 0.15) is 0 Å². The first-order chi connectivity index (χ1) is 7.15. The molecule has 2 heteroatoms. The smallest absolute Gasteiger partial charge is 0.0705 e. The monoisotopic (exact) mass is 211 g/mol. The molecular weight excluding hydrogens is 186 g/mol. The summed E-state index contributed by atoms with van der Waals surface area (Å²) in [7, 11) is 0. The zero-order valence-corrected chi connectivity index (χ0v) is 10.2. The topological polar surface area (TPSA) is 35.2 Å². The summed E-state index contributed by atoms with van der Waals surface area (Å²) in [5.41, 5.74) is 5.91. The van der Waals surface area contributed by atoms with E-state index in [-0.39, 0.29) is 5.60 Å². The van der Waals surface area contributed by atoms with Gasteiger partial charge in [0, 0.05) is 6.54 Å². The van der Waals surface area contributed by atoms with Crippen LogP contribution in [0.25, 0.3) is 0 Å². The maximum atomic E-state index is 6.14. The van der Waals surface area contributed by atoms with Crippen molar-refractivity contribution in [1.29, 1.82) is 0 Å². The molecule has 1 heterocycles. The summed E-state index contributed by atoms with van der Waals surface area (Å²) < 4.78 is 6.14. The summed E-state index contributed by atoms with van der Waals surface area (Å²) in [6.07, 6.45) is 8.03. The zero-order valence-electron chi connectivity index (χ0n) is 10.2. The molecular formula is C13H25NO. The first-order valence-corrected chi connectivity index (χ1v) is 6.53. The van der Waals surface area contributed by atoms with Gasteiger partial charge in [-0.2, -0.15) is 0 Å². The van der Waals surface area contributed by atoms with Gasteiger partial charge in [-0.05, 0) is 50.4 Å². The Morgan fingerprint density at radius 3 is 2.27 bits per heavy atom. The zero-order chi connectivity index (χ0) is 10.9. The predicted molar refractivity (Wildman–Crippen MR) is 62.7 cm³/mol. The van der Waals surface area contributed by atoms with E-state index in [1.807, 2.05) is 0 Å². The molecule has 1 aliphatic carbocycles. The average molecular weight is 211 g/mol. The van der Waals surface area contributed by atoms with Crippen molar-refractivity contribution in [3.63, 3.8) is 0 Å². The van der Waals surface area contributed by atoms with Crippen LogP contribution in [-0.2, 0) is 4.74 Å². The van der Waals surface area contributed by atoms with E-state index in [1.165, 1.54) is 38.5 Å². The minimum Gasteiger partial charge on any atom is -0.370 e. The molecule has 1 aliphatic heterocycles. The molecule has 0 aromatic heterocycles. The van der Waals surface area contributed by atoms with Gasteiger partial charge in [0.05, 0.1) is 11.7 Å². The number of rotatable bonds is 2. The van der Waals surface area contributed by atoms with E-state index >= 15 is 0 Å². The fourth-order valence-electron chi connectivity index (χ4n) is 3.26. The summed E-state index contributed by atoms with van der Waals surface area (Å²) in [5.74, 6) is 1.77. The van der Waals surface area contributed by atoms with Crippen LogP contribution >= 0.6 is 0 Å². The lowest BCUT2D eigenvalue weighted by atomic mass is 9.73. The first-order valence-electron chi connectivity index (χ1n) is 6.53. The Bertz CT molecular complexity index is 207. The lowest BCUT2D eigenvalue weighted by Gasteiger charge is -2.38. The van der Waals surface area contributed by atoms with Crippen LogP contribution in [-0.4, -0.2) is 18.2 Å². The van der Waals surface area contributed by atoms with Crippen molar-refractivity contribution in [1.82, 2.24) is 0 Å². The third-order valence-corrected chi connectivity index (χ3v) is 4.49. The summed E-state index contributed by atoms with van der Waals surface area (Å²) in [5, 5.41) is 0. The van der Waals surface area contributed by atoms with Gasteiger partial charge in [-0.25, -0.2) is 0 Å². The molecule has 0 unspecified atom stereocenters. The van der Waals surface area contributed by atoms with Crippen molar-refractivity contribution < 1.29 is 4.74 Å². The Kier molecular flexibility index (Phi) is 3.36. The van der Waals surface area contributed by atoms with E-state index in [0.29, 0.717) is 12.6 Å². The molecule has 1 spiro atoms. The quantitative estimate of drug-likeness (QED) is 0.762. The fourth-order valence-corrected chi connectivity index (χ4v) is 3.26. The first kappa shape index (κ1) is 11.4. The van der Waals surface area contributed by atoms with Crippen LogP contribution in [0.5, 0.6) is 0 Å². The van der Waals surface area contributed by atoms with Gasteiger partial charge >= 0.3 is 0 Å². The Morgan fingerprint density at radius 2 is 1.80 bits per heavy atom. The molecule has 1 saturated heterocycles. The highest BCUT2D eigenvalue weighted by Crippen LogP contribution is 2.44. The highest BCUT2D eigenvalue weighted by Gasteiger charge is 2.42. The van der Waals surface area contributed by atoms with Gasteiger partial charge < -0.3 is 10.5 Å². The summed E-state index contributed by atoms with van der Waals surface area (Å²) >= 11 is 0. The maximum Gasteiger partial charge on any atom is 0.0705 e. The second-order valence-corrected chi connectivity index (χ2v) is 5.78. The molecule has 1 atom stereocenters. The van der Waals surface area contributed by atoms with E-state index < -0.39 is 0 Å². The van der Waals surface area contributed by atoms with Gasteiger partial charge in [-0.1, -0.05) is 13.8 Å². The Hall–Kier alpha value is -0.0800. The van der Waals surface area contributed by atoms with E-state index in [2.05, 4.69) is 13.8 Å². The molecule has 0 radical (unpaired) electrons. The molecule has 2 nitrogen and oxygen atoms in total. The maximum absolute atomic E-state index is 6.14. The largest absolute Gasteiger partial charge is 0.370 e. The standard InChI is InChI=1S/C13H25NO/c1-10(2)11-3-6-13(7-4-11)8-5-12(9-14)15-13/h10-12H,3-9,14H2,1-2H3/t11?,12-,13?/m1/s1. The summed E-state index contributed by atoms with van der Waals surface area (Å²) in [6.45, 7) is 5.40. The molecule has 88 valence electrons. The van der Waals surface area contributed by atoms with Crippen LogP contribution < -0.4 is 5.73 Å². The van der Waals surface area contributed by atoms with Gasteiger partial charge in [0.2, 0.25) is 0 Å². The third-order valence-electron chi connectivity index (χ3n) is 4.49. The molecule has 0 aromatic carbocycles. The summed E-state index contributed by atoms with van der Waals surface area (Å²) in [4.78, 5) is 0. The molecule has 2 aliphatic rings. The minimum absolute atomic E-state index is 0.232.